The van der Waals surface area contributed by atoms with Gasteiger partial charge in [0.25, 0.3) is 0 Å². The molecular weight excluding hydrogens is 289 g/mol. The van der Waals surface area contributed by atoms with E-state index in [0.29, 0.717) is 8.95 Å². The number of halogens is 3. The zero-order chi connectivity index (χ0) is 8.72. The number of fused-ring (bicyclic) bond motifs is 1. The van der Waals surface area contributed by atoms with Crippen molar-refractivity contribution in [2.75, 3.05) is 11.9 Å². The minimum absolute atomic E-state index is 0.233. The van der Waals surface area contributed by atoms with Gasteiger partial charge in [-0.05, 0) is 49.9 Å². The largest absolute Gasteiger partial charge is 0.383 e. The number of rotatable bonds is 0. The molecule has 1 aromatic rings. The van der Waals surface area contributed by atoms with Gasteiger partial charge in [-0.2, -0.15) is 0 Å². The van der Waals surface area contributed by atoms with Crippen LogP contribution in [0.2, 0.25) is 0 Å². The van der Waals surface area contributed by atoms with Crippen LogP contribution in [0.1, 0.15) is 5.56 Å². The minimum Gasteiger partial charge on any atom is -0.383 e. The van der Waals surface area contributed by atoms with Crippen LogP contribution < -0.4 is 5.32 Å². The highest BCUT2D eigenvalue weighted by Crippen LogP contribution is 2.36. The summed E-state index contributed by atoms with van der Waals surface area (Å²) in [5.74, 6) is -0.233. The van der Waals surface area contributed by atoms with E-state index in [1.807, 2.05) is 6.07 Å². The SMILES string of the molecule is Fc1c(Br)cc2c(c1Br)NCC2. The molecule has 0 saturated carbocycles. The molecule has 2 rings (SSSR count). The van der Waals surface area contributed by atoms with E-state index in [-0.39, 0.29) is 5.82 Å². The Kier molecular flexibility index (Phi) is 2.12. The van der Waals surface area contributed by atoms with Crippen molar-refractivity contribution in [2.45, 2.75) is 6.42 Å². The molecule has 0 spiro atoms. The molecule has 1 aliphatic rings. The fraction of sp³-hybridized carbons (Fsp3) is 0.250. The first-order chi connectivity index (χ1) is 5.70. The predicted molar refractivity (Wildman–Crippen MR) is 54.0 cm³/mol. The van der Waals surface area contributed by atoms with Crippen molar-refractivity contribution in [3.63, 3.8) is 0 Å². The molecule has 1 aliphatic heterocycles. The van der Waals surface area contributed by atoms with E-state index in [2.05, 4.69) is 37.2 Å². The van der Waals surface area contributed by atoms with Crippen LogP contribution >= 0.6 is 31.9 Å². The number of nitrogens with one attached hydrogen (secondary N) is 1. The van der Waals surface area contributed by atoms with E-state index in [9.17, 15) is 4.39 Å². The topological polar surface area (TPSA) is 12.0 Å². The van der Waals surface area contributed by atoms with Gasteiger partial charge in [-0.25, -0.2) is 4.39 Å². The van der Waals surface area contributed by atoms with Gasteiger partial charge in [-0.3, -0.25) is 0 Å². The summed E-state index contributed by atoms with van der Waals surface area (Å²) in [6.07, 6.45) is 0.965. The standard InChI is InChI=1S/C8H6Br2FN/c9-5-3-4-1-2-12-8(4)6(10)7(5)11/h3,12H,1-2H2. The second-order valence-electron chi connectivity index (χ2n) is 2.70. The van der Waals surface area contributed by atoms with Gasteiger partial charge in [-0.15, -0.1) is 0 Å². The summed E-state index contributed by atoms with van der Waals surface area (Å²) in [5.41, 5.74) is 2.06. The van der Waals surface area contributed by atoms with Crippen molar-refractivity contribution < 1.29 is 4.39 Å². The van der Waals surface area contributed by atoms with E-state index in [1.165, 1.54) is 0 Å². The van der Waals surface area contributed by atoms with Gasteiger partial charge < -0.3 is 5.32 Å². The van der Waals surface area contributed by atoms with E-state index < -0.39 is 0 Å². The molecule has 0 aliphatic carbocycles. The Labute approximate surface area is 86.6 Å². The van der Waals surface area contributed by atoms with Crippen molar-refractivity contribution >= 4 is 37.5 Å². The zero-order valence-electron chi connectivity index (χ0n) is 6.13. The molecule has 0 bridgehead atoms. The van der Waals surface area contributed by atoms with Gasteiger partial charge in [-0.1, -0.05) is 0 Å². The first-order valence-electron chi connectivity index (χ1n) is 3.60. The molecule has 12 heavy (non-hydrogen) atoms. The van der Waals surface area contributed by atoms with Crippen molar-refractivity contribution in [3.8, 4) is 0 Å². The Bertz CT molecular complexity index is 338. The molecular formula is C8H6Br2FN. The number of hydrogen-bond donors (Lipinski definition) is 1. The Hall–Kier alpha value is -0.0900. The third-order valence-electron chi connectivity index (χ3n) is 1.94. The molecule has 0 amide bonds. The molecule has 1 nitrogen and oxygen atoms in total. The smallest absolute Gasteiger partial charge is 0.153 e. The maximum absolute atomic E-state index is 13.3. The summed E-state index contributed by atoms with van der Waals surface area (Å²) in [5, 5.41) is 3.13. The normalized spacial score (nSPS) is 14.2. The minimum atomic E-state index is -0.233. The summed E-state index contributed by atoms with van der Waals surface area (Å²) in [4.78, 5) is 0. The van der Waals surface area contributed by atoms with Crippen molar-refractivity contribution in [1.82, 2.24) is 0 Å². The summed E-state index contributed by atoms with van der Waals surface area (Å²) >= 11 is 6.38. The predicted octanol–water partition coefficient (Wildman–Crippen LogP) is 3.32. The molecule has 64 valence electrons. The summed E-state index contributed by atoms with van der Waals surface area (Å²) < 4.78 is 14.3. The molecule has 0 saturated heterocycles. The maximum Gasteiger partial charge on any atom is 0.153 e. The van der Waals surface area contributed by atoms with E-state index in [0.717, 1.165) is 24.2 Å². The average Bonchev–Trinajstić information content (AvgIpc) is 2.48. The second kappa shape index (κ2) is 3.00. The molecule has 1 N–H and O–H groups in total. The van der Waals surface area contributed by atoms with Crippen LogP contribution in [0.15, 0.2) is 15.0 Å². The van der Waals surface area contributed by atoms with Crippen LogP contribution in [-0.4, -0.2) is 6.54 Å². The van der Waals surface area contributed by atoms with E-state index >= 15 is 0 Å². The Morgan fingerprint density at radius 1 is 1.42 bits per heavy atom. The van der Waals surface area contributed by atoms with Gasteiger partial charge in [0.05, 0.1) is 14.6 Å². The molecule has 1 aromatic carbocycles. The zero-order valence-corrected chi connectivity index (χ0v) is 9.30. The van der Waals surface area contributed by atoms with E-state index in [1.54, 1.807) is 0 Å². The molecule has 0 atom stereocenters. The molecule has 0 unspecified atom stereocenters. The summed E-state index contributed by atoms with van der Waals surface area (Å²) in [7, 11) is 0. The van der Waals surface area contributed by atoms with Crippen LogP contribution in [0, 0.1) is 5.82 Å². The Morgan fingerprint density at radius 2 is 2.17 bits per heavy atom. The number of anilines is 1. The fourth-order valence-electron chi connectivity index (χ4n) is 1.35. The molecule has 4 heteroatoms. The number of benzene rings is 1. The third kappa shape index (κ3) is 1.17. The third-order valence-corrected chi connectivity index (χ3v) is 3.26. The molecule has 0 aromatic heterocycles. The van der Waals surface area contributed by atoms with Gasteiger partial charge in [0.15, 0.2) is 5.82 Å². The average molecular weight is 295 g/mol. The quantitative estimate of drug-likeness (QED) is 0.724. The second-order valence-corrected chi connectivity index (χ2v) is 4.34. The van der Waals surface area contributed by atoms with Gasteiger partial charge in [0.1, 0.15) is 0 Å². The lowest BCUT2D eigenvalue weighted by atomic mass is 10.2. The van der Waals surface area contributed by atoms with Gasteiger partial charge in [0, 0.05) is 6.54 Å². The van der Waals surface area contributed by atoms with Crippen LogP contribution in [0.5, 0.6) is 0 Å². The van der Waals surface area contributed by atoms with Crippen LogP contribution in [-0.2, 0) is 6.42 Å². The maximum atomic E-state index is 13.3. The Morgan fingerprint density at radius 3 is 2.92 bits per heavy atom. The van der Waals surface area contributed by atoms with Crippen LogP contribution in [0.3, 0.4) is 0 Å². The van der Waals surface area contributed by atoms with Crippen LogP contribution in [0.4, 0.5) is 10.1 Å². The lowest BCUT2D eigenvalue weighted by Gasteiger charge is -2.05. The summed E-state index contributed by atoms with van der Waals surface area (Å²) in [6.45, 7) is 0.893. The molecule has 0 radical (unpaired) electrons. The van der Waals surface area contributed by atoms with Gasteiger partial charge in [0.2, 0.25) is 0 Å². The molecule has 1 heterocycles. The fourth-order valence-corrected chi connectivity index (χ4v) is 2.70. The lowest BCUT2D eigenvalue weighted by Crippen LogP contribution is -1.93. The monoisotopic (exact) mass is 293 g/mol. The van der Waals surface area contributed by atoms with Crippen molar-refractivity contribution in [2.24, 2.45) is 0 Å². The lowest BCUT2D eigenvalue weighted by molar-refractivity contribution is 0.615. The highest BCUT2D eigenvalue weighted by atomic mass is 79.9. The van der Waals surface area contributed by atoms with Crippen LogP contribution in [0.25, 0.3) is 0 Å². The number of hydrogen-bond acceptors (Lipinski definition) is 1. The Balaban J connectivity index is 2.67. The molecule has 0 fully saturated rings. The van der Waals surface area contributed by atoms with E-state index in [4.69, 9.17) is 0 Å². The first-order valence-corrected chi connectivity index (χ1v) is 5.19. The van der Waals surface area contributed by atoms with Crippen molar-refractivity contribution in [1.29, 1.82) is 0 Å². The summed E-state index contributed by atoms with van der Waals surface area (Å²) in [6, 6.07) is 1.83. The van der Waals surface area contributed by atoms with Crippen molar-refractivity contribution in [3.05, 3.63) is 26.4 Å². The van der Waals surface area contributed by atoms with Gasteiger partial charge >= 0.3 is 0 Å². The highest BCUT2D eigenvalue weighted by Gasteiger charge is 2.18. The first kappa shape index (κ1) is 8.51. The highest BCUT2D eigenvalue weighted by molar-refractivity contribution is 9.11.